The molecule has 0 radical (unpaired) electrons. The number of carbonyl (C=O) groups excluding carboxylic acids is 4. The van der Waals surface area contributed by atoms with Gasteiger partial charge in [-0.15, -0.1) is 0 Å². The Morgan fingerprint density at radius 2 is 0.584 bits per heavy atom. The zero-order valence-corrected chi connectivity index (χ0v) is 67.6. The summed E-state index contributed by atoms with van der Waals surface area (Å²) in [7, 11) is -9.94. The molecule has 0 bridgehead atoms. The largest absolute Gasteiger partial charge is 0.472 e. The van der Waals surface area contributed by atoms with E-state index in [0.29, 0.717) is 25.7 Å². The molecule has 596 valence electrons. The van der Waals surface area contributed by atoms with Crippen molar-refractivity contribution in [3.63, 3.8) is 0 Å². The Morgan fingerprint density at radius 3 is 0.881 bits per heavy atom. The molecule has 0 fully saturated rings. The first-order valence-electron chi connectivity index (χ1n) is 41.7. The lowest BCUT2D eigenvalue weighted by Gasteiger charge is -2.21. The topological polar surface area (TPSA) is 237 Å². The summed E-state index contributed by atoms with van der Waals surface area (Å²) in [6, 6.07) is 0. The normalized spacial score (nSPS) is 14.6. The molecule has 0 aliphatic heterocycles. The van der Waals surface area contributed by atoms with E-state index in [4.69, 9.17) is 37.0 Å². The number of phosphoric acid groups is 2. The molecular weight excluding hydrogens is 1320 g/mol. The van der Waals surface area contributed by atoms with Gasteiger partial charge in [0.15, 0.2) is 12.2 Å². The maximum absolute atomic E-state index is 13.1. The van der Waals surface area contributed by atoms with Gasteiger partial charge in [0.05, 0.1) is 26.4 Å². The fourth-order valence-electron chi connectivity index (χ4n) is 12.1. The highest BCUT2D eigenvalue weighted by molar-refractivity contribution is 7.47. The van der Waals surface area contributed by atoms with Crippen molar-refractivity contribution >= 4 is 39.5 Å². The molecule has 0 heterocycles. The van der Waals surface area contributed by atoms with Crippen molar-refractivity contribution in [2.45, 2.75) is 420 Å². The van der Waals surface area contributed by atoms with Crippen LogP contribution >= 0.6 is 15.6 Å². The highest BCUT2D eigenvalue weighted by Crippen LogP contribution is 2.45. The molecule has 4 unspecified atom stereocenters. The number of carbonyl (C=O) groups is 4. The van der Waals surface area contributed by atoms with Crippen molar-refractivity contribution in [1.29, 1.82) is 0 Å². The summed E-state index contributed by atoms with van der Waals surface area (Å²) in [5.74, 6) is 0.269. The highest BCUT2D eigenvalue weighted by Gasteiger charge is 2.30. The van der Waals surface area contributed by atoms with E-state index < -0.39 is 97.5 Å². The van der Waals surface area contributed by atoms with E-state index in [1.807, 2.05) is 0 Å². The maximum Gasteiger partial charge on any atom is 0.472 e. The van der Waals surface area contributed by atoms with Crippen molar-refractivity contribution in [3.8, 4) is 0 Å². The Bertz CT molecular complexity index is 2060. The van der Waals surface area contributed by atoms with E-state index in [1.165, 1.54) is 199 Å². The Morgan fingerprint density at radius 1 is 0.327 bits per heavy atom. The second kappa shape index (κ2) is 71.8. The van der Waals surface area contributed by atoms with E-state index >= 15 is 0 Å². The first kappa shape index (κ1) is 98.5. The summed E-state index contributed by atoms with van der Waals surface area (Å²) in [6.07, 6.45) is 63.0. The van der Waals surface area contributed by atoms with Gasteiger partial charge >= 0.3 is 39.5 Å². The van der Waals surface area contributed by atoms with Crippen LogP contribution in [-0.2, 0) is 65.4 Å². The Labute approximate surface area is 618 Å². The van der Waals surface area contributed by atoms with E-state index in [-0.39, 0.29) is 25.7 Å². The minimum absolute atomic E-state index is 0.0845. The van der Waals surface area contributed by atoms with Crippen LogP contribution in [0.2, 0.25) is 0 Å². The minimum Gasteiger partial charge on any atom is -0.462 e. The van der Waals surface area contributed by atoms with Crippen LogP contribution < -0.4 is 0 Å². The summed E-state index contributed by atoms with van der Waals surface area (Å²) >= 11 is 0. The van der Waals surface area contributed by atoms with Crippen LogP contribution in [0.1, 0.15) is 402 Å². The highest BCUT2D eigenvalue weighted by atomic mass is 31.2. The van der Waals surface area contributed by atoms with E-state index in [9.17, 15) is 43.2 Å². The average Bonchev–Trinajstić information content (AvgIpc) is 1.19. The number of unbranched alkanes of at least 4 members (excludes halogenated alkanes) is 41. The van der Waals surface area contributed by atoms with Gasteiger partial charge in [0.25, 0.3) is 0 Å². The van der Waals surface area contributed by atoms with Crippen molar-refractivity contribution in [2.24, 2.45) is 17.8 Å². The fourth-order valence-corrected chi connectivity index (χ4v) is 13.6. The summed E-state index contributed by atoms with van der Waals surface area (Å²) < 4.78 is 68.7. The van der Waals surface area contributed by atoms with Crippen LogP contribution in [-0.4, -0.2) is 96.7 Å². The number of esters is 4. The molecule has 0 aromatic heterocycles. The molecule has 7 atom stereocenters. The maximum atomic E-state index is 13.1. The smallest absolute Gasteiger partial charge is 0.462 e. The Balaban J connectivity index is 5.31. The van der Waals surface area contributed by atoms with Gasteiger partial charge in [-0.05, 0) is 69.1 Å². The van der Waals surface area contributed by atoms with Crippen molar-refractivity contribution in [1.82, 2.24) is 0 Å². The monoisotopic (exact) mass is 1480 g/mol. The van der Waals surface area contributed by atoms with Crippen LogP contribution in [0, 0.1) is 17.8 Å². The second-order valence-corrected chi connectivity index (χ2v) is 32.7. The number of aliphatic hydroxyl groups excluding tert-OH is 1. The number of aliphatic hydroxyl groups is 1. The van der Waals surface area contributed by atoms with Crippen LogP contribution in [0.4, 0.5) is 0 Å². The molecule has 0 aliphatic rings. The van der Waals surface area contributed by atoms with Gasteiger partial charge in [-0.1, -0.05) is 349 Å². The molecule has 0 saturated carbocycles. The van der Waals surface area contributed by atoms with E-state index in [0.717, 1.165) is 120 Å². The average molecular weight is 1480 g/mol. The van der Waals surface area contributed by atoms with Gasteiger partial charge in [-0.3, -0.25) is 37.3 Å². The van der Waals surface area contributed by atoms with Crippen LogP contribution in [0.25, 0.3) is 0 Å². The number of hydrogen-bond acceptors (Lipinski definition) is 15. The fraction of sp³-hybridized carbons (Fsp3) is 0.902. The first-order chi connectivity index (χ1) is 48.8. The molecule has 101 heavy (non-hydrogen) atoms. The third-order valence-corrected chi connectivity index (χ3v) is 21.1. The zero-order chi connectivity index (χ0) is 74.4. The number of rotatable bonds is 78. The van der Waals surface area contributed by atoms with Crippen molar-refractivity contribution in [2.75, 3.05) is 39.6 Å². The lowest BCUT2D eigenvalue weighted by Crippen LogP contribution is -2.30. The SMILES string of the molecule is CCCCCC/C=C\C=C/CCCCCCCC(=O)O[C@H](COC(=O)CCCCCCCCCCC(C)CC)COP(=O)(O)OC[C@H](O)COP(=O)(O)OC[C@@H](COC(=O)CCCCCCCCCCCCCCCC(C)C)OC(=O)CCCCCCCCCCCCCCCCC(C)CC. The van der Waals surface area contributed by atoms with E-state index in [2.05, 4.69) is 72.8 Å². The number of hydrogen-bond donors (Lipinski definition) is 3. The number of ether oxygens (including phenoxy) is 4. The Kier molecular flexibility index (Phi) is 70.0. The Hall–Kier alpha value is -2.46. The summed E-state index contributed by atoms with van der Waals surface area (Å²) in [6.45, 7) is 12.0. The molecule has 0 amide bonds. The quantitative estimate of drug-likeness (QED) is 0.0169. The molecular formula is C82H156O17P2. The molecule has 0 rings (SSSR count). The van der Waals surface area contributed by atoms with Gasteiger partial charge in [0, 0.05) is 25.7 Å². The zero-order valence-electron chi connectivity index (χ0n) is 65.9. The first-order valence-corrected chi connectivity index (χ1v) is 44.7. The van der Waals surface area contributed by atoms with Crippen LogP contribution in [0.5, 0.6) is 0 Å². The van der Waals surface area contributed by atoms with Gasteiger partial charge < -0.3 is 33.8 Å². The van der Waals surface area contributed by atoms with Crippen LogP contribution in [0.15, 0.2) is 24.3 Å². The predicted molar refractivity (Wildman–Crippen MR) is 414 cm³/mol. The third kappa shape index (κ3) is 72.9. The number of phosphoric ester groups is 2. The molecule has 0 aliphatic carbocycles. The van der Waals surface area contributed by atoms with Gasteiger partial charge in [0.2, 0.25) is 0 Å². The predicted octanol–water partition coefficient (Wildman–Crippen LogP) is 24.1. The molecule has 17 nitrogen and oxygen atoms in total. The van der Waals surface area contributed by atoms with E-state index in [1.54, 1.807) is 0 Å². The second-order valence-electron chi connectivity index (χ2n) is 29.8. The number of allylic oxidation sites excluding steroid dienone is 4. The molecule has 3 N–H and O–H groups in total. The third-order valence-electron chi connectivity index (χ3n) is 19.2. The van der Waals surface area contributed by atoms with Crippen molar-refractivity contribution < 1.29 is 80.2 Å². The lowest BCUT2D eigenvalue weighted by atomic mass is 9.99. The van der Waals surface area contributed by atoms with Crippen LogP contribution in [0.3, 0.4) is 0 Å². The molecule has 0 spiro atoms. The van der Waals surface area contributed by atoms with Gasteiger partial charge in [-0.2, -0.15) is 0 Å². The summed E-state index contributed by atoms with van der Waals surface area (Å²) in [4.78, 5) is 73.1. The van der Waals surface area contributed by atoms with Gasteiger partial charge in [-0.25, -0.2) is 9.13 Å². The molecule has 0 aromatic rings. The van der Waals surface area contributed by atoms with Gasteiger partial charge in [0.1, 0.15) is 19.3 Å². The molecule has 0 saturated heterocycles. The lowest BCUT2D eigenvalue weighted by molar-refractivity contribution is -0.161. The molecule has 19 heteroatoms. The molecule has 0 aromatic carbocycles. The van der Waals surface area contributed by atoms with Crippen molar-refractivity contribution in [3.05, 3.63) is 24.3 Å². The minimum atomic E-state index is -4.97. The summed E-state index contributed by atoms with van der Waals surface area (Å²) in [5, 5.41) is 10.6. The summed E-state index contributed by atoms with van der Waals surface area (Å²) in [5.41, 5.74) is 0. The standard InChI is InChI=1S/C82H156O17P2/c1-8-11-12-13-14-15-16-17-18-24-30-35-44-51-58-65-82(87)99-78(70-93-80(85)64-57-50-43-38-37-41-48-55-62-75(7)10-3)72-97-101(90,91)95-68-76(83)67-94-100(88,89)96-71-77(69-92-79(84)63-56-49-42-34-29-26-21-22-27-32-39-46-53-60-73(4)5)98-81(86)66-59-52-45-36-31-25-20-19-23-28-33-40-47-54-61-74(6)9-2/h15-18,73-78,83H,8-14,19-72H2,1-7H3,(H,88,89)(H,90,91)/b16-15-,18-17-/t74?,75?,76-,77-,78-/m1/s1.